The largest absolute Gasteiger partial charge is 0.398 e. The summed E-state index contributed by atoms with van der Waals surface area (Å²) in [6, 6.07) is 7.76. The van der Waals surface area contributed by atoms with Gasteiger partial charge in [-0.25, -0.2) is 0 Å². The van der Waals surface area contributed by atoms with Crippen LogP contribution in [0.5, 0.6) is 0 Å². The Morgan fingerprint density at radius 2 is 2.05 bits per heavy atom. The van der Waals surface area contributed by atoms with Crippen LogP contribution in [0.15, 0.2) is 24.3 Å². The lowest BCUT2D eigenvalue weighted by Gasteiger charge is -2.08. The molecule has 0 aliphatic carbocycles. The molecule has 0 aliphatic heterocycles. The van der Waals surface area contributed by atoms with Crippen LogP contribution in [0.3, 0.4) is 0 Å². The van der Waals surface area contributed by atoms with Gasteiger partial charge in [0, 0.05) is 16.9 Å². The van der Waals surface area contributed by atoms with Crippen molar-refractivity contribution in [1.82, 2.24) is 9.78 Å². The maximum atomic E-state index is 9.47. The summed E-state index contributed by atoms with van der Waals surface area (Å²) >= 11 is 0. The van der Waals surface area contributed by atoms with Gasteiger partial charge in [0.25, 0.3) is 0 Å². The van der Waals surface area contributed by atoms with E-state index >= 15 is 0 Å². The highest BCUT2D eigenvalue weighted by Crippen LogP contribution is 2.23. The lowest BCUT2D eigenvalue weighted by Crippen LogP contribution is -2.21. The Morgan fingerprint density at radius 1 is 1.32 bits per heavy atom. The zero-order chi connectivity index (χ0) is 14.0. The molecule has 0 unspecified atom stereocenters. The predicted molar refractivity (Wildman–Crippen MR) is 74.6 cm³/mol. The molecule has 0 spiro atoms. The lowest BCUT2D eigenvalue weighted by molar-refractivity contribution is 0.0778. The molecule has 0 saturated heterocycles. The van der Waals surface area contributed by atoms with Crippen molar-refractivity contribution in [3.63, 3.8) is 0 Å². The van der Waals surface area contributed by atoms with E-state index in [1.807, 2.05) is 38.1 Å². The Kier molecular flexibility index (Phi) is 3.87. The number of nitrogens with two attached hydrogens (primary N) is 1. The minimum Gasteiger partial charge on any atom is -0.398 e. The number of nitrogens with zero attached hydrogens (tertiary/aromatic N) is 2. The van der Waals surface area contributed by atoms with Crippen molar-refractivity contribution in [3.05, 3.63) is 35.5 Å². The maximum Gasteiger partial charge on any atom is 0.0966 e. The van der Waals surface area contributed by atoms with Gasteiger partial charge in [-0.15, -0.1) is 0 Å². The lowest BCUT2D eigenvalue weighted by atomic mass is 10.1. The number of anilines is 1. The van der Waals surface area contributed by atoms with E-state index in [2.05, 4.69) is 5.10 Å². The van der Waals surface area contributed by atoms with E-state index in [0.29, 0.717) is 0 Å². The number of aliphatic hydroxyl groups excluding tert-OH is 2. The first-order valence-electron chi connectivity index (χ1n) is 6.21. The first kappa shape index (κ1) is 13.6. The maximum absolute atomic E-state index is 9.47. The van der Waals surface area contributed by atoms with E-state index < -0.39 is 6.10 Å². The molecule has 2 rings (SSSR count). The van der Waals surface area contributed by atoms with Gasteiger partial charge < -0.3 is 15.9 Å². The molecule has 0 amide bonds. The summed E-state index contributed by atoms with van der Waals surface area (Å²) < 4.78 is 1.69. The molecular weight excluding hydrogens is 242 g/mol. The minimum absolute atomic E-state index is 0.272. The number of benzene rings is 1. The predicted octanol–water partition coefficient (Wildman–Crippen LogP) is 1.10. The van der Waals surface area contributed by atoms with Crippen molar-refractivity contribution in [2.24, 2.45) is 0 Å². The molecule has 5 heteroatoms. The Labute approximate surface area is 112 Å². The average Bonchev–Trinajstić information content (AvgIpc) is 2.74. The average molecular weight is 261 g/mol. The van der Waals surface area contributed by atoms with E-state index in [1.165, 1.54) is 0 Å². The normalized spacial score (nSPS) is 12.6. The molecule has 102 valence electrons. The number of aryl methyl sites for hydroxylation is 2. The minimum atomic E-state index is -0.797. The van der Waals surface area contributed by atoms with Crippen LogP contribution in [-0.4, -0.2) is 32.7 Å². The molecule has 4 N–H and O–H groups in total. The standard InChI is InChI=1S/C14H19N3O2/c1-9-3-4-11(6-13(9)15)14-5-10(2)17(16-14)7-12(19)8-18/h3-6,12,18-19H,7-8,15H2,1-2H3/t12-/m1/s1. The number of hydrogen-bond donors (Lipinski definition) is 3. The zero-order valence-electron chi connectivity index (χ0n) is 11.2. The topological polar surface area (TPSA) is 84.3 Å². The Balaban J connectivity index is 2.30. The van der Waals surface area contributed by atoms with Gasteiger partial charge in [0.2, 0.25) is 0 Å². The quantitative estimate of drug-likeness (QED) is 0.720. The Bertz CT molecular complexity index is 578. The number of hydrogen-bond acceptors (Lipinski definition) is 4. The van der Waals surface area contributed by atoms with E-state index in [-0.39, 0.29) is 13.2 Å². The van der Waals surface area contributed by atoms with E-state index in [1.54, 1.807) is 4.68 Å². The number of aliphatic hydroxyl groups is 2. The van der Waals surface area contributed by atoms with Crippen LogP contribution in [-0.2, 0) is 6.54 Å². The molecule has 1 aromatic carbocycles. The number of rotatable bonds is 4. The second-order valence-corrected chi connectivity index (χ2v) is 4.76. The molecule has 5 nitrogen and oxygen atoms in total. The molecule has 0 aliphatic rings. The van der Waals surface area contributed by atoms with Gasteiger partial charge in [0.05, 0.1) is 24.9 Å². The van der Waals surface area contributed by atoms with Crippen molar-refractivity contribution in [2.75, 3.05) is 12.3 Å². The summed E-state index contributed by atoms with van der Waals surface area (Å²) in [6.07, 6.45) is -0.797. The van der Waals surface area contributed by atoms with Crippen LogP contribution in [0.2, 0.25) is 0 Å². The van der Waals surface area contributed by atoms with E-state index in [0.717, 1.165) is 28.2 Å². The fraction of sp³-hybridized carbons (Fsp3) is 0.357. The van der Waals surface area contributed by atoms with Gasteiger partial charge in [-0.2, -0.15) is 5.10 Å². The van der Waals surface area contributed by atoms with Gasteiger partial charge in [-0.05, 0) is 31.5 Å². The van der Waals surface area contributed by atoms with Crippen molar-refractivity contribution in [2.45, 2.75) is 26.5 Å². The van der Waals surface area contributed by atoms with Gasteiger partial charge in [-0.3, -0.25) is 4.68 Å². The van der Waals surface area contributed by atoms with Gasteiger partial charge in [0.15, 0.2) is 0 Å². The van der Waals surface area contributed by atoms with Gasteiger partial charge in [0.1, 0.15) is 0 Å². The molecule has 0 bridgehead atoms. The molecular formula is C14H19N3O2. The van der Waals surface area contributed by atoms with Crippen molar-refractivity contribution in [3.8, 4) is 11.3 Å². The van der Waals surface area contributed by atoms with Crippen molar-refractivity contribution < 1.29 is 10.2 Å². The molecule has 0 radical (unpaired) electrons. The highest BCUT2D eigenvalue weighted by atomic mass is 16.3. The Hall–Kier alpha value is -1.85. The summed E-state index contributed by atoms with van der Waals surface area (Å²) in [7, 11) is 0. The molecule has 1 atom stereocenters. The summed E-state index contributed by atoms with van der Waals surface area (Å²) in [4.78, 5) is 0. The fourth-order valence-electron chi connectivity index (χ4n) is 1.89. The molecule has 1 heterocycles. The summed E-state index contributed by atoms with van der Waals surface area (Å²) in [5.74, 6) is 0. The smallest absolute Gasteiger partial charge is 0.0966 e. The van der Waals surface area contributed by atoms with E-state index in [4.69, 9.17) is 10.8 Å². The van der Waals surface area contributed by atoms with Crippen LogP contribution in [0.1, 0.15) is 11.3 Å². The highest BCUT2D eigenvalue weighted by molar-refractivity contribution is 5.66. The molecule has 0 fully saturated rings. The monoisotopic (exact) mass is 261 g/mol. The number of nitrogen functional groups attached to an aromatic ring is 1. The summed E-state index contributed by atoms with van der Waals surface area (Å²) in [5.41, 5.74) is 10.4. The number of aromatic nitrogens is 2. The van der Waals surface area contributed by atoms with Crippen LogP contribution in [0.4, 0.5) is 5.69 Å². The van der Waals surface area contributed by atoms with E-state index in [9.17, 15) is 5.11 Å². The second kappa shape index (κ2) is 5.42. The summed E-state index contributed by atoms with van der Waals surface area (Å²) in [5, 5.41) is 22.8. The van der Waals surface area contributed by atoms with Crippen molar-refractivity contribution >= 4 is 5.69 Å². The first-order valence-corrected chi connectivity index (χ1v) is 6.21. The molecule has 2 aromatic rings. The molecule has 0 saturated carbocycles. The zero-order valence-corrected chi connectivity index (χ0v) is 11.2. The van der Waals surface area contributed by atoms with Crippen molar-refractivity contribution in [1.29, 1.82) is 0 Å². The van der Waals surface area contributed by atoms with Crippen LogP contribution < -0.4 is 5.73 Å². The third-order valence-corrected chi connectivity index (χ3v) is 3.15. The SMILES string of the molecule is Cc1ccc(-c2cc(C)n(C[C@@H](O)CO)n2)cc1N. The Morgan fingerprint density at radius 3 is 2.68 bits per heavy atom. The summed E-state index contributed by atoms with van der Waals surface area (Å²) in [6.45, 7) is 3.88. The highest BCUT2D eigenvalue weighted by Gasteiger charge is 2.10. The third-order valence-electron chi connectivity index (χ3n) is 3.15. The van der Waals surface area contributed by atoms with Crippen LogP contribution in [0, 0.1) is 13.8 Å². The second-order valence-electron chi connectivity index (χ2n) is 4.76. The van der Waals surface area contributed by atoms with Crippen LogP contribution >= 0.6 is 0 Å². The third kappa shape index (κ3) is 2.94. The van der Waals surface area contributed by atoms with Gasteiger partial charge >= 0.3 is 0 Å². The molecule has 1 aromatic heterocycles. The van der Waals surface area contributed by atoms with Crippen LogP contribution in [0.25, 0.3) is 11.3 Å². The molecule has 19 heavy (non-hydrogen) atoms. The first-order chi connectivity index (χ1) is 9.01. The van der Waals surface area contributed by atoms with Gasteiger partial charge in [-0.1, -0.05) is 12.1 Å². The fourth-order valence-corrected chi connectivity index (χ4v) is 1.89.